The average molecular weight is 241 g/mol. The van der Waals surface area contributed by atoms with Gasteiger partial charge >= 0.3 is 5.97 Å². The highest BCUT2D eigenvalue weighted by Crippen LogP contribution is 2.13. The maximum absolute atomic E-state index is 11.4. The first kappa shape index (κ1) is 10.5. The van der Waals surface area contributed by atoms with Crippen molar-refractivity contribution in [3.8, 4) is 0 Å². The van der Waals surface area contributed by atoms with Gasteiger partial charge < -0.3 is 9.94 Å². The molecule has 84 valence electrons. The molecule has 0 atom stereocenters. The summed E-state index contributed by atoms with van der Waals surface area (Å²) >= 11 is 1.08. The van der Waals surface area contributed by atoms with E-state index in [1.165, 1.54) is 10.8 Å². The molecule has 0 bridgehead atoms. The van der Waals surface area contributed by atoms with Crippen LogP contribution in [-0.2, 0) is 9.53 Å². The van der Waals surface area contributed by atoms with Crippen LogP contribution in [0.2, 0.25) is 0 Å². The number of carbonyl (C=O) groups is 1. The number of esters is 1. The minimum Gasteiger partial charge on any atom is -0.461 e. The van der Waals surface area contributed by atoms with E-state index in [0.717, 1.165) is 11.3 Å². The maximum Gasteiger partial charge on any atom is 0.363 e. The lowest BCUT2D eigenvalue weighted by Gasteiger charge is -1.99. The van der Waals surface area contributed by atoms with Gasteiger partial charge in [0.1, 0.15) is 6.33 Å². The smallest absolute Gasteiger partial charge is 0.363 e. The van der Waals surface area contributed by atoms with E-state index in [4.69, 9.17) is 9.94 Å². The third-order valence-corrected chi connectivity index (χ3v) is 2.58. The number of carbonyl (C=O) groups excluding carboxylic acids is 1. The molecule has 0 radical (unpaired) electrons. The molecule has 0 unspecified atom stereocenters. The molecule has 1 N–H and O–H groups in total. The van der Waals surface area contributed by atoms with Crippen molar-refractivity contribution in [2.75, 3.05) is 6.61 Å². The van der Waals surface area contributed by atoms with Gasteiger partial charge in [-0.2, -0.15) is 9.61 Å². The first-order chi connectivity index (χ1) is 7.76. The lowest BCUT2D eigenvalue weighted by Crippen LogP contribution is -2.18. The van der Waals surface area contributed by atoms with Crippen molar-refractivity contribution < 1.29 is 14.7 Å². The van der Waals surface area contributed by atoms with Crippen LogP contribution in [0.4, 0.5) is 0 Å². The maximum atomic E-state index is 11.4. The largest absolute Gasteiger partial charge is 0.461 e. The summed E-state index contributed by atoms with van der Waals surface area (Å²) in [7, 11) is 0. The van der Waals surface area contributed by atoms with Gasteiger partial charge in [0, 0.05) is 0 Å². The van der Waals surface area contributed by atoms with Crippen LogP contribution in [0.5, 0.6) is 0 Å². The monoisotopic (exact) mass is 241 g/mol. The van der Waals surface area contributed by atoms with E-state index in [1.54, 1.807) is 6.92 Å². The summed E-state index contributed by atoms with van der Waals surface area (Å²) in [5, 5.41) is 23.2. The second-order valence-corrected chi connectivity index (χ2v) is 3.59. The number of ether oxygens (including phenoxy) is 1. The molecule has 9 heteroatoms. The number of oxime groups is 1. The van der Waals surface area contributed by atoms with Crippen molar-refractivity contribution in [1.29, 1.82) is 0 Å². The van der Waals surface area contributed by atoms with Gasteiger partial charge in [0.25, 0.3) is 0 Å². The molecular weight excluding hydrogens is 234 g/mol. The molecule has 0 fully saturated rings. The van der Waals surface area contributed by atoms with Gasteiger partial charge in [0.15, 0.2) is 5.01 Å². The molecule has 0 saturated heterocycles. The number of nitrogens with zero attached hydrogens (tertiary/aromatic N) is 5. The van der Waals surface area contributed by atoms with Gasteiger partial charge in [0.05, 0.1) is 6.61 Å². The second-order valence-electron chi connectivity index (χ2n) is 2.63. The summed E-state index contributed by atoms with van der Waals surface area (Å²) in [4.78, 5) is 11.9. The van der Waals surface area contributed by atoms with E-state index in [9.17, 15) is 4.79 Å². The SMILES string of the molecule is CCOC(=O)/C(=N/O)c1nn2cnnc2s1. The van der Waals surface area contributed by atoms with Gasteiger partial charge in [-0.3, -0.25) is 0 Å². The van der Waals surface area contributed by atoms with Crippen molar-refractivity contribution in [3.05, 3.63) is 11.3 Å². The average Bonchev–Trinajstić information content (AvgIpc) is 2.79. The molecule has 0 aliphatic heterocycles. The molecule has 16 heavy (non-hydrogen) atoms. The van der Waals surface area contributed by atoms with Gasteiger partial charge in [-0.15, -0.1) is 10.2 Å². The number of aromatic nitrogens is 4. The van der Waals surface area contributed by atoms with Crippen LogP contribution in [0.25, 0.3) is 4.96 Å². The van der Waals surface area contributed by atoms with Crippen LogP contribution in [0, 0.1) is 0 Å². The van der Waals surface area contributed by atoms with Crippen LogP contribution in [0.3, 0.4) is 0 Å². The standard InChI is InChI=1S/C7H7N5O3S/c1-2-15-6(13)4(11-14)5-10-12-3-8-9-7(12)16-5/h3,14H,2H2,1H3/b11-4+. The third-order valence-electron chi connectivity index (χ3n) is 1.66. The first-order valence-electron chi connectivity index (χ1n) is 4.32. The summed E-state index contributed by atoms with van der Waals surface area (Å²) in [5.41, 5.74) is -0.239. The molecule has 8 nitrogen and oxygen atoms in total. The highest BCUT2D eigenvalue weighted by molar-refractivity contribution is 7.19. The predicted octanol–water partition coefficient (Wildman–Crippen LogP) is -0.0728. The first-order valence-corrected chi connectivity index (χ1v) is 5.14. The molecule has 2 heterocycles. The minimum absolute atomic E-state index is 0.196. The summed E-state index contributed by atoms with van der Waals surface area (Å²) in [6, 6.07) is 0. The molecule has 2 rings (SSSR count). The van der Waals surface area contributed by atoms with Gasteiger partial charge in [-0.1, -0.05) is 16.5 Å². The van der Waals surface area contributed by atoms with Crippen molar-refractivity contribution in [2.45, 2.75) is 6.92 Å². The molecule has 0 amide bonds. The summed E-state index contributed by atoms with van der Waals surface area (Å²) in [5.74, 6) is -0.727. The van der Waals surface area contributed by atoms with E-state index >= 15 is 0 Å². The number of rotatable bonds is 3. The predicted molar refractivity (Wildman–Crippen MR) is 53.6 cm³/mol. The summed E-state index contributed by atoms with van der Waals surface area (Å²) in [6.45, 7) is 1.85. The molecule has 0 spiro atoms. The van der Waals surface area contributed by atoms with Gasteiger partial charge in [-0.05, 0) is 6.92 Å². The van der Waals surface area contributed by atoms with Crippen molar-refractivity contribution >= 4 is 28.0 Å². The van der Waals surface area contributed by atoms with Gasteiger partial charge in [-0.25, -0.2) is 4.79 Å². The van der Waals surface area contributed by atoms with Crippen molar-refractivity contribution in [2.24, 2.45) is 5.16 Å². The zero-order chi connectivity index (χ0) is 11.5. The van der Waals surface area contributed by atoms with Crippen LogP contribution in [0.1, 0.15) is 11.9 Å². The van der Waals surface area contributed by atoms with Crippen molar-refractivity contribution in [1.82, 2.24) is 19.8 Å². The molecule has 2 aromatic rings. The summed E-state index contributed by atoms with van der Waals surface area (Å²) in [6.07, 6.45) is 1.38. The summed E-state index contributed by atoms with van der Waals surface area (Å²) < 4.78 is 6.09. The fraction of sp³-hybridized carbons (Fsp3) is 0.286. The Morgan fingerprint density at radius 2 is 2.56 bits per heavy atom. The Bertz CT molecular complexity index is 516. The van der Waals surface area contributed by atoms with Crippen LogP contribution in [0.15, 0.2) is 11.5 Å². The fourth-order valence-corrected chi connectivity index (χ4v) is 1.82. The Hall–Kier alpha value is -2.03. The highest BCUT2D eigenvalue weighted by Gasteiger charge is 2.21. The molecule has 2 aromatic heterocycles. The number of fused-ring (bicyclic) bond motifs is 1. The molecule has 0 aliphatic carbocycles. The number of hydrogen-bond donors (Lipinski definition) is 1. The fourth-order valence-electron chi connectivity index (χ4n) is 1.03. The Morgan fingerprint density at radius 1 is 1.75 bits per heavy atom. The second kappa shape index (κ2) is 4.23. The zero-order valence-corrected chi connectivity index (χ0v) is 9.01. The Labute approximate surface area is 93.2 Å². The van der Waals surface area contributed by atoms with E-state index in [0.29, 0.717) is 4.96 Å². The Balaban J connectivity index is 2.35. The Kier molecular flexibility index (Phi) is 2.77. The quantitative estimate of drug-likeness (QED) is 0.349. The zero-order valence-electron chi connectivity index (χ0n) is 8.19. The molecular formula is C7H7N5O3S. The number of hydrogen-bond acceptors (Lipinski definition) is 8. The van der Waals surface area contributed by atoms with E-state index in [-0.39, 0.29) is 17.3 Å². The van der Waals surface area contributed by atoms with E-state index in [1.807, 2.05) is 0 Å². The Morgan fingerprint density at radius 3 is 3.19 bits per heavy atom. The lowest BCUT2D eigenvalue weighted by molar-refractivity contribution is -0.135. The van der Waals surface area contributed by atoms with Crippen LogP contribution >= 0.6 is 11.3 Å². The highest BCUT2D eigenvalue weighted by atomic mass is 32.1. The molecule has 0 saturated carbocycles. The normalized spacial score (nSPS) is 11.9. The van der Waals surface area contributed by atoms with Crippen molar-refractivity contribution in [3.63, 3.8) is 0 Å². The van der Waals surface area contributed by atoms with E-state index in [2.05, 4.69) is 20.5 Å². The third kappa shape index (κ3) is 1.72. The lowest BCUT2D eigenvalue weighted by atomic mass is 10.4. The topological polar surface area (TPSA) is 102 Å². The van der Waals surface area contributed by atoms with Crippen LogP contribution in [-0.4, -0.2) is 43.3 Å². The minimum atomic E-state index is -0.727. The van der Waals surface area contributed by atoms with Gasteiger partial charge in [0.2, 0.25) is 10.7 Å². The molecule has 0 aliphatic rings. The van der Waals surface area contributed by atoms with E-state index < -0.39 is 5.97 Å². The molecule has 0 aromatic carbocycles. The van der Waals surface area contributed by atoms with Crippen LogP contribution < -0.4 is 0 Å².